The van der Waals surface area contributed by atoms with Gasteiger partial charge in [-0.3, -0.25) is 0 Å². The minimum Gasteiger partial charge on any atom is -0.744 e. The standard InChI is InChI=1S/2C10H9NO7S2.4Na/c2*11-10-8(20(16,17)18)4-7(19(13,14)15)5-2-1-3-6(12)9(5)10;;;;/h2*1-4,12H,11H2,(H,13,14,15)(H,16,17,18);;;;/q;;4*+1/p-4. The van der Waals surface area contributed by atoms with Gasteiger partial charge in [-0.1, -0.05) is 24.3 Å². The summed E-state index contributed by atoms with van der Waals surface area (Å²) < 4.78 is 133. The molecular weight excluding hydrogens is 712 g/mol. The Balaban J connectivity index is 0. The second-order valence-electron chi connectivity index (χ2n) is 7.79. The zero-order chi connectivity index (χ0) is 30.6. The molecule has 0 aromatic heterocycles. The molecule has 44 heavy (non-hydrogen) atoms. The van der Waals surface area contributed by atoms with E-state index in [0.717, 1.165) is 24.3 Å². The smallest absolute Gasteiger partial charge is 0.744 e. The van der Waals surface area contributed by atoms with Crippen molar-refractivity contribution in [3.63, 3.8) is 0 Å². The van der Waals surface area contributed by atoms with Crippen molar-refractivity contribution >= 4 is 73.4 Å². The van der Waals surface area contributed by atoms with Crippen LogP contribution in [0.15, 0.2) is 68.1 Å². The van der Waals surface area contributed by atoms with Crippen LogP contribution in [0.3, 0.4) is 0 Å². The van der Waals surface area contributed by atoms with Gasteiger partial charge >= 0.3 is 118 Å². The van der Waals surface area contributed by atoms with Crippen molar-refractivity contribution in [3.8, 4) is 11.5 Å². The number of hydrogen-bond donors (Lipinski definition) is 4. The van der Waals surface area contributed by atoms with Crippen LogP contribution in [-0.4, -0.2) is 62.1 Å². The third-order valence-electron chi connectivity index (χ3n) is 5.29. The minimum absolute atomic E-state index is 0. The van der Waals surface area contributed by atoms with Crippen LogP contribution in [0.5, 0.6) is 11.5 Å². The first-order valence-corrected chi connectivity index (χ1v) is 15.6. The van der Waals surface area contributed by atoms with E-state index in [-0.39, 0.29) is 140 Å². The Hall–Kier alpha value is 0.240. The van der Waals surface area contributed by atoms with Crippen molar-refractivity contribution < 1.29 is 180 Å². The third-order valence-corrected chi connectivity index (χ3v) is 8.79. The van der Waals surface area contributed by atoms with Crippen LogP contribution in [0.2, 0.25) is 0 Å². The molecule has 4 rings (SSSR count). The Morgan fingerprint density at radius 3 is 0.955 bits per heavy atom. The molecule has 0 spiro atoms. The van der Waals surface area contributed by atoms with Gasteiger partial charge in [-0.05, 0) is 24.3 Å². The van der Waals surface area contributed by atoms with Gasteiger partial charge in [0.25, 0.3) is 0 Å². The molecular formula is C20H14N2Na4O14S4. The molecule has 4 aromatic rings. The number of aromatic hydroxyl groups is 2. The van der Waals surface area contributed by atoms with Crippen LogP contribution in [0.4, 0.5) is 11.4 Å². The molecule has 0 fully saturated rings. The predicted octanol–water partition coefficient (Wildman–Crippen LogP) is -12.1. The molecule has 0 heterocycles. The average Bonchev–Trinajstić information content (AvgIpc) is 2.76. The van der Waals surface area contributed by atoms with Crippen LogP contribution in [-0.2, 0) is 40.5 Å². The van der Waals surface area contributed by atoms with Crippen LogP contribution in [0.1, 0.15) is 0 Å². The molecule has 0 saturated heterocycles. The van der Waals surface area contributed by atoms with Gasteiger partial charge in [0.15, 0.2) is 0 Å². The molecule has 0 atom stereocenters. The zero-order valence-corrected chi connectivity index (χ0v) is 34.5. The summed E-state index contributed by atoms with van der Waals surface area (Å²) >= 11 is 0. The molecule has 0 amide bonds. The second kappa shape index (κ2) is 16.6. The van der Waals surface area contributed by atoms with Crippen LogP contribution in [0.25, 0.3) is 21.5 Å². The minimum atomic E-state index is -5.11. The van der Waals surface area contributed by atoms with E-state index in [0.29, 0.717) is 12.1 Å². The van der Waals surface area contributed by atoms with Crippen molar-refractivity contribution in [2.24, 2.45) is 0 Å². The molecule has 4 aromatic carbocycles. The van der Waals surface area contributed by atoms with E-state index in [2.05, 4.69) is 0 Å². The maximum absolute atomic E-state index is 11.2. The summed E-state index contributed by atoms with van der Waals surface area (Å²) in [6, 6.07) is 7.86. The molecule has 0 radical (unpaired) electrons. The maximum atomic E-state index is 11.2. The fourth-order valence-electron chi connectivity index (χ4n) is 3.68. The molecule has 6 N–H and O–H groups in total. The summed E-state index contributed by atoms with van der Waals surface area (Å²) in [6.45, 7) is 0. The molecule has 24 heteroatoms. The van der Waals surface area contributed by atoms with Crippen LogP contribution < -0.4 is 130 Å². The first-order chi connectivity index (χ1) is 18.1. The summed E-state index contributed by atoms with van der Waals surface area (Å²) in [7, 11) is -20.4. The molecule has 0 unspecified atom stereocenters. The van der Waals surface area contributed by atoms with Crippen molar-refractivity contribution in [3.05, 3.63) is 48.5 Å². The van der Waals surface area contributed by atoms with E-state index in [4.69, 9.17) is 11.5 Å². The number of nitrogen functional groups attached to an aromatic ring is 2. The molecule has 0 saturated carbocycles. The summed E-state index contributed by atoms with van der Waals surface area (Å²) in [5.41, 5.74) is 9.74. The van der Waals surface area contributed by atoms with E-state index < -0.39 is 82.9 Å². The second-order valence-corrected chi connectivity index (χ2v) is 13.2. The number of phenolic OH excluding ortho intramolecular Hbond substituents is 2. The summed E-state index contributed by atoms with van der Waals surface area (Å²) in [4.78, 5) is -4.01. The quantitative estimate of drug-likeness (QED) is 0.0862. The third kappa shape index (κ3) is 10.1. The van der Waals surface area contributed by atoms with E-state index in [9.17, 15) is 62.1 Å². The molecule has 0 bridgehead atoms. The Kier molecular flexibility index (Phi) is 17.5. The summed E-state index contributed by atoms with van der Waals surface area (Å²) in [5.74, 6) is -1.09. The fraction of sp³-hybridized carbons (Fsp3) is 0. The molecule has 0 aliphatic heterocycles. The first kappa shape index (κ1) is 46.4. The number of anilines is 2. The van der Waals surface area contributed by atoms with Gasteiger partial charge in [0.05, 0.1) is 31.0 Å². The van der Waals surface area contributed by atoms with E-state index in [1.807, 2.05) is 0 Å². The van der Waals surface area contributed by atoms with Crippen molar-refractivity contribution in [2.75, 3.05) is 11.5 Å². The molecule has 16 nitrogen and oxygen atoms in total. The van der Waals surface area contributed by atoms with E-state index in [1.165, 1.54) is 12.1 Å². The Bertz CT molecular complexity index is 2010. The number of phenols is 2. The number of nitrogens with two attached hydrogens (primary N) is 2. The Labute approximate surface area is 339 Å². The van der Waals surface area contributed by atoms with E-state index >= 15 is 0 Å². The van der Waals surface area contributed by atoms with Crippen molar-refractivity contribution in [2.45, 2.75) is 19.6 Å². The van der Waals surface area contributed by atoms with Gasteiger partial charge in [0.1, 0.15) is 52.0 Å². The topological polar surface area (TPSA) is 321 Å². The Morgan fingerprint density at radius 2 is 0.727 bits per heavy atom. The van der Waals surface area contributed by atoms with Gasteiger partial charge in [-0.25, -0.2) is 33.7 Å². The van der Waals surface area contributed by atoms with Gasteiger partial charge in [0.2, 0.25) is 0 Å². The van der Waals surface area contributed by atoms with Gasteiger partial charge in [-0.15, -0.1) is 0 Å². The first-order valence-electron chi connectivity index (χ1n) is 9.98. The van der Waals surface area contributed by atoms with Gasteiger partial charge < -0.3 is 39.9 Å². The monoisotopic (exact) mass is 726 g/mol. The SMILES string of the molecule is Nc1c(S(=O)(=O)[O-])cc(S(=O)(=O)[O-])c2cccc(O)c12.Nc1c(S(=O)(=O)[O-])cc(S(=O)(=O)[O-])c2cccc(O)c12.[Na+].[Na+].[Na+].[Na+]. The zero-order valence-electron chi connectivity index (χ0n) is 23.2. The molecule has 0 aliphatic carbocycles. The van der Waals surface area contributed by atoms with Crippen LogP contribution in [0, 0.1) is 0 Å². The average molecular weight is 727 g/mol. The number of rotatable bonds is 4. The largest absolute Gasteiger partial charge is 1.00 e. The predicted molar refractivity (Wildman–Crippen MR) is 132 cm³/mol. The summed E-state index contributed by atoms with van der Waals surface area (Å²) in [6.07, 6.45) is 0. The normalized spacial score (nSPS) is 11.5. The number of hydrogen-bond acceptors (Lipinski definition) is 16. The van der Waals surface area contributed by atoms with Crippen molar-refractivity contribution in [1.29, 1.82) is 0 Å². The van der Waals surface area contributed by atoms with E-state index in [1.54, 1.807) is 0 Å². The number of benzene rings is 4. The van der Waals surface area contributed by atoms with Gasteiger partial charge in [-0.2, -0.15) is 0 Å². The Morgan fingerprint density at radius 1 is 0.477 bits per heavy atom. The van der Waals surface area contributed by atoms with Crippen molar-refractivity contribution in [1.82, 2.24) is 0 Å². The molecule has 216 valence electrons. The van der Waals surface area contributed by atoms with Gasteiger partial charge in [0, 0.05) is 21.5 Å². The summed E-state index contributed by atoms with van der Waals surface area (Å²) in [5, 5.41) is 18.0. The molecule has 0 aliphatic rings. The fourth-order valence-corrected chi connectivity index (χ4v) is 6.50. The number of fused-ring (bicyclic) bond motifs is 2. The van der Waals surface area contributed by atoms with Crippen LogP contribution >= 0.6 is 0 Å². The maximum Gasteiger partial charge on any atom is 1.00 e.